The zero-order chi connectivity index (χ0) is 13.1. The summed E-state index contributed by atoms with van der Waals surface area (Å²) in [6, 6.07) is 0. The van der Waals surface area contributed by atoms with Crippen LogP contribution in [0.4, 0.5) is 0 Å². The Labute approximate surface area is 104 Å². The predicted octanol–water partition coefficient (Wildman–Crippen LogP) is 0.834. The molecule has 0 aromatic heterocycles. The number of nitrogens with zero attached hydrogens (tertiary/aromatic N) is 3. The van der Waals surface area contributed by atoms with E-state index in [1.54, 1.807) is 6.92 Å². The SMILES string of the molecule is CCC(=O)NCCSC(=O)C[C@H](O)CN=[N+]=[N-]. The van der Waals surface area contributed by atoms with Gasteiger partial charge in [-0.15, -0.1) is 0 Å². The molecule has 7 nitrogen and oxygen atoms in total. The van der Waals surface area contributed by atoms with E-state index in [0.29, 0.717) is 18.7 Å². The molecule has 1 atom stereocenters. The van der Waals surface area contributed by atoms with Crippen molar-refractivity contribution in [2.24, 2.45) is 5.11 Å². The van der Waals surface area contributed by atoms with E-state index in [1.807, 2.05) is 0 Å². The van der Waals surface area contributed by atoms with Crippen molar-refractivity contribution in [3.63, 3.8) is 0 Å². The molecule has 1 amide bonds. The van der Waals surface area contributed by atoms with Gasteiger partial charge in [0.2, 0.25) is 5.91 Å². The molecule has 0 aromatic carbocycles. The number of hydrogen-bond donors (Lipinski definition) is 2. The summed E-state index contributed by atoms with van der Waals surface area (Å²) in [5.41, 5.74) is 8.01. The van der Waals surface area contributed by atoms with Crippen molar-refractivity contribution >= 4 is 22.8 Å². The summed E-state index contributed by atoms with van der Waals surface area (Å²) >= 11 is 1.04. The number of amides is 1. The lowest BCUT2D eigenvalue weighted by Gasteiger charge is -2.06. The summed E-state index contributed by atoms with van der Waals surface area (Å²) in [5.74, 6) is 0.417. The molecule has 17 heavy (non-hydrogen) atoms. The van der Waals surface area contributed by atoms with E-state index >= 15 is 0 Å². The van der Waals surface area contributed by atoms with Gasteiger partial charge in [0, 0.05) is 30.1 Å². The molecule has 0 unspecified atom stereocenters. The number of carbonyl (C=O) groups excluding carboxylic acids is 2. The lowest BCUT2D eigenvalue weighted by molar-refractivity contribution is -0.120. The fraction of sp³-hybridized carbons (Fsp3) is 0.778. The van der Waals surface area contributed by atoms with Crippen LogP contribution in [0.25, 0.3) is 10.4 Å². The van der Waals surface area contributed by atoms with Gasteiger partial charge in [0.1, 0.15) is 0 Å². The first-order chi connectivity index (χ1) is 8.10. The van der Waals surface area contributed by atoms with E-state index in [4.69, 9.17) is 5.53 Å². The molecule has 0 rings (SSSR count). The van der Waals surface area contributed by atoms with E-state index in [2.05, 4.69) is 15.3 Å². The minimum Gasteiger partial charge on any atom is -0.393 e. The van der Waals surface area contributed by atoms with Crippen LogP contribution in [0.15, 0.2) is 5.11 Å². The number of azide groups is 1. The fourth-order valence-electron chi connectivity index (χ4n) is 0.927. The van der Waals surface area contributed by atoms with Crippen molar-refractivity contribution in [3.05, 3.63) is 10.4 Å². The molecule has 0 saturated heterocycles. The Morgan fingerprint density at radius 1 is 1.59 bits per heavy atom. The van der Waals surface area contributed by atoms with E-state index < -0.39 is 6.10 Å². The number of aliphatic hydroxyl groups is 1. The Hall–Kier alpha value is -1.24. The first-order valence-electron chi connectivity index (χ1n) is 5.21. The van der Waals surface area contributed by atoms with E-state index in [0.717, 1.165) is 11.8 Å². The van der Waals surface area contributed by atoms with Crippen molar-refractivity contribution in [1.29, 1.82) is 0 Å². The van der Waals surface area contributed by atoms with Crippen LogP contribution >= 0.6 is 11.8 Å². The van der Waals surface area contributed by atoms with Crippen molar-refractivity contribution in [1.82, 2.24) is 5.32 Å². The maximum atomic E-state index is 11.3. The Balaban J connectivity index is 3.58. The number of thioether (sulfide) groups is 1. The molecule has 96 valence electrons. The highest BCUT2D eigenvalue weighted by molar-refractivity contribution is 8.13. The second-order valence-electron chi connectivity index (χ2n) is 3.20. The molecule has 0 aromatic rings. The van der Waals surface area contributed by atoms with Gasteiger partial charge in [-0.2, -0.15) is 0 Å². The number of hydrogen-bond acceptors (Lipinski definition) is 5. The molecule has 0 fully saturated rings. The minimum atomic E-state index is -0.934. The first kappa shape index (κ1) is 15.8. The molecule has 2 N–H and O–H groups in total. The van der Waals surface area contributed by atoms with E-state index in [9.17, 15) is 14.7 Å². The summed E-state index contributed by atoms with van der Waals surface area (Å²) in [7, 11) is 0. The highest BCUT2D eigenvalue weighted by Gasteiger charge is 2.10. The normalized spacial score (nSPS) is 11.4. The Bertz CT molecular complexity index is 305. The fourth-order valence-corrected chi connectivity index (χ4v) is 1.67. The van der Waals surface area contributed by atoms with Crippen molar-refractivity contribution in [2.75, 3.05) is 18.8 Å². The zero-order valence-electron chi connectivity index (χ0n) is 9.63. The second kappa shape index (κ2) is 9.95. The van der Waals surface area contributed by atoms with Gasteiger partial charge in [0.15, 0.2) is 5.12 Å². The topological polar surface area (TPSA) is 115 Å². The maximum absolute atomic E-state index is 11.3. The molecule has 0 radical (unpaired) electrons. The average molecular weight is 260 g/mol. The largest absolute Gasteiger partial charge is 0.393 e. The van der Waals surface area contributed by atoms with E-state index in [-0.39, 0.29) is 24.0 Å². The van der Waals surface area contributed by atoms with Gasteiger partial charge < -0.3 is 10.4 Å². The molecular weight excluding hydrogens is 244 g/mol. The third-order valence-electron chi connectivity index (χ3n) is 1.77. The predicted molar refractivity (Wildman–Crippen MR) is 65.4 cm³/mol. The third-order valence-corrected chi connectivity index (χ3v) is 2.66. The smallest absolute Gasteiger partial charge is 0.219 e. The molecule has 0 aliphatic carbocycles. The Kier molecular flexibility index (Phi) is 9.22. The Morgan fingerprint density at radius 3 is 2.88 bits per heavy atom. The van der Waals surface area contributed by atoms with E-state index in [1.165, 1.54) is 0 Å². The Morgan fingerprint density at radius 2 is 2.29 bits per heavy atom. The van der Waals surface area contributed by atoms with Gasteiger partial charge in [0.05, 0.1) is 12.6 Å². The minimum absolute atomic E-state index is 0.0502. The van der Waals surface area contributed by atoms with Crippen LogP contribution < -0.4 is 5.32 Å². The van der Waals surface area contributed by atoms with Gasteiger partial charge in [-0.25, -0.2) is 0 Å². The number of rotatable bonds is 8. The number of carbonyl (C=O) groups is 2. The summed E-state index contributed by atoms with van der Waals surface area (Å²) < 4.78 is 0. The van der Waals surface area contributed by atoms with Gasteiger partial charge in [-0.1, -0.05) is 23.8 Å². The van der Waals surface area contributed by atoms with Crippen LogP contribution in [0.3, 0.4) is 0 Å². The average Bonchev–Trinajstić information content (AvgIpc) is 2.31. The van der Waals surface area contributed by atoms with Crippen LogP contribution in [-0.4, -0.2) is 41.1 Å². The molecule has 0 heterocycles. The molecule has 8 heteroatoms. The van der Waals surface area contributed by atoms with Gasteiger partial charge >= 0.3 is 0 Å². The maximum Gasteiger partial charge on any atom is 0.219 e. The summed E-state index contributed by atoms with van der Waals surface area (Å²) in [5, 5.41) is 14.9. The summed E-state index contributed by atoms with van der Waals surface area (Å²) in [6.45, 7) is 2.07. The number of aliphatic hydroxyl groups excluding tert-OH is 1. The lowest BCUT2D eigenvalue weighted by atomic mass is 10.3. The van der Waals surface area contributed by atoms with Crippen LogP contribution in [0.1, 0.15) is 19.8 Å². The van der Waals surface area contributed by atoms with Gasteiger partial charge in [-0.3, -0.25) is 9.59 Å². The second-order valence-corrected chi connectivity index (χ2v) is 4.35. The molecule has 0 bridgehead atoms. The highest BCUT2D eigenvalue weighted by atomic mass is 32.2. The molecule has 0 aliphatic heterocycles. The lowest BCUT2D eigenvalue weighted by Crippen LogP contribution is -2.25. The van der Waals surface area contributed by atoms with Crippen LogP contribution in [-0.2, 0) is 9.59 Å². The molecular formula is C9H16N4O3S. The van der Waals surface area contributed by atoms with Crippen molar-refractivity contribution in [2.45, 2.75) is 25.9 Å². The first-order valence-corrected chi connectivity index (χ1v) is 6.20. The molecule has 0 spiro atoms. The quantitative estimate of drug-likeness (QED) is 0.291. The van der Waals surface area contributed by atoms with Crippen LogP contribution in [0, 0.1) is 0 Å². The van der Waals surface area contributed by atoms with Gasteiger partial charge in [-0.05, 0) is 5.53 Å². The summed E-state index contributed by atoms with van der Waals surface area (Å²) in [6.07, 6.45) is -0.564. The van der Waals surface area contributed by atoms with Crippen LogP contribution in [0.2, 0.25) is 0 Å². The van der Waals surface area contributed by atoms with Crippen molar-refractivity contribution < 1.29 is 14.7 Å². The molecule has 0 aliphatic rings. The number of nitrogens with one attached hydrogen (secondary N) is 1. The van der Waals surface area contributed by atoms with Crippen molar-refractivity contribution in [3.8, 4) is 0 Å². The standard InChI is InChI=1S/C9H16N4O3S/c1-2-8(15)11-3-4-17-9(16)5-7(14)6-12-13-10/h7,14H,2-6H2,1H3,(H,11,15)/t7-/m0/s1. The molecule has 0 saturated carbocycles. The highest BCUT2D eigenvalue weighted by Crippen LogP contribution is 2.07. The van der Waals surface area contributed by atoms with Crippen LogP contribution in [0.5, 0.6) is 0 Å². The monoisotopic (exact) mass is 260 g/mol. The summed E-state index contributed by atoms with van der Waals surface area (Å²) in [4.78, 5) is 24.6. The zero-order valence-corrected chi connectivity index (χ0v) is 10.4. The van der Waals surface area contributed by atoms with Gasteiger partial charge in [0.25, 0.3) is 0 Å². The third kappa shape index (κ3) is 9.68.